The topological polar surface area (TPSA) is 56.5 Å². The van der Waals surface area contributed by atoms with Crippen molar-refractivity contribution >= 4 is 59.9 Å². The largest absolute Gasteiger partial charge is 0.458 e. The molecule has 3 aromatic rings. The average molecular weight is 774 g/mol. The summed E-state index contributed by atoms with van der Waals surface area (Å²) in [5.74, 6) is 4.27. The molecule has 6 heteroatoms. The van der Waals surface area contributed by atoms with Gasteiger partial charge < -0.3 is 9.15 Å². The van der Waals surface area contributed by atoms with Crippen molar-refractivity contribution in [3.63, 3.8) is 0 Å². The molecule has 274 valence electrons. The average Bonchev–Trinajstić information content (AvgIpc) is 3.65. The molecule has 3 saturated carbocycles. The van der Waals surface area contributed by atoms with E-state index in [1.165, 1.54) is 80.2 Å². The van der Waals surface area contributed by atoms with Gasteiger partial charge in [-0.25, -0.2) is 9.59 Å². The van der Waals surface area contributed by atoms with Gasteiger partial charge >= 0.3 is 11.6 Å². The van der Waals surface area contributed by atoms with Gasteiger partial charge in [-0.3, -0.25) is 0 Å². The van der Waals surface area contributed by atoms with Gasteiger partial charge in [0.2, 0.25) is 0 Å². The molecule has 5 aliphatic carbocycles. The van der Waals surface area contributed by atoms with Crippen molar-refractivity contribution in [3.8, 4) is 0 Å². The van der Waals surface area contributed by atoms with Gasteiger partial charge in [0, 0.05) is 26.5 Å². The smallest absolute Gasteiger partial charge is 0.351 e. The lowest BCUT2D eigenvalue weighted by Crippen LogP contribution is -2.51. The van der Waals surface area contributed by atoms with Crippen LogP contribution in [0.3, 0.4) is 0 Å². The molecule has 0 bridgehead atoms. The van der Waals surface area contributed by atoms with Crippen molar-refractivity contribution in [2.24, 2.45) is 46.3 Å². The number of hydrogen-bond donors (Lipinski definition) is 0. The van der Waals surface area contributed by atoms with Gasteiger partial charge in [0.05, 0.1) is 4.70 Å². The molecular weight excluding hydrogens is 716 g/mol. The molecule has 0 amide bonds. The first-order valence-corrected chi connectivity index (χ1v) is 21.9. The number of fused-ring (bicyclic) bond motifs is 8. The van der Waals surface area contributed by atoms with Crippen molar-refractivity contribution in [2.45, 2.75) is 137 Å². The molecule has 8 atom stereocenters. The highest BCUT2D eigenvalue weighted by molar-refractivity contribution is 9.10. The van der Waals surface area contributed by atoms with Gasteiger partial charge in [-0.2, -0.15) is 0 Å². The number of carbonyl (C=O) groups is 1. The minimum atomic E-state index is -0.613. The summed E-state index contributed by atoms with van der Waals surface area (Å²) < 4.78 is 14.1. The van der Waals surface area contributed by atoms with E-state index in [-0.39, 0.29) is 17.1 Å². The van der Waals surface area contributed by atoms with Gasteiger partial charge in [0.1, 0.15) is 11.7 Å². The molecule has 4 nitrogen and oxygen atoms in total. The van der Waals surface area contributed by atoms with Crippen molar-refractivity contribution < 1.29 is 13.9 Å². The predicted molar refractivity (Wildman–Crippen MR) is 214 cm³/mol. The molecule has 0 spiro atoms. The zero-order chi connectivity index (χ0) is 35.7. The Balaban J connectivity index is 0.963. The molecule has 1 aromatic carbocycles. The Labute approximate surface area is 317 Å². The van der Waals surface area contributed by atoms with Crippen molar-refractivity contribution in [2.75, 3.05) is 0 Å². The van der Waals surface area contributed by atoms with Crippen LogP contribution in [0, 0.1) is 46.3 Å². The van der Waals surface area contributed by atoms with E-state index >= 15 is 0 Å². The molecule has 3 fully saturated rings. The number of allylic oxidation sites excluding steroid dienone is 3. The van der Waals surface area contributed by atoms with Crippen LogP contribution in [0.2, 0.25) is 0 Å². The number of rotatable bonds is 8. The Hall–Kier alpha value is -2.18. The molecule has 51 heavy (non-hydrogen) atoms. The molecule has 0 saturated heterocycles. The third-order valence-electron chi connectivity index (χ3n) is 14.8. The van der Waals surface area contributed by atoms with Crippen LogP contribution >= 0.6 is 27.3 Å². The summed E-state index contributed by atoms with van der Waals surface area (Å²) in [4.78, 5) is 28.2. The summed E-state index contributed by atoms with van der Waals surface area (Å²) in [7, 11) is 0. The minimum absolute atomic E-state index is 0.000468. The first kappa shape index (κ1) is 35.8. The summed E-state index contributed by atoms with van der Waals surface area (Å²) >= 11 is 5.50. The normalized spacial score (nSPS) is 32.6. The van der Waals surface area contributed by atoms with Crippen LogP contribution in [-0.2, 0) is 4.74 Å². The van der Waals surface area contributed by atoms with Gasteiger partial charge in [-0.15, -0.1) is 11.3 Å². The molecule has 0 unspecified atom stereocenters. The van der Waals surface area contributed by atoms with E-state index in [1.807, 2.05) is 6.07 Å². The van der Waals surface area contributed by atoms with Crippen LogP contribution in [0.5, 0.6) is 0 Å². The number of carbonyl (C=O) groups excluding carboxylic acids is 1. The van der Waals surface area contributed by atoms with E-state index in [1.54, 1.807) is 17.4 Å². The monoisotopic (exact) mass is 772 g/mol. The molecule has 0 radical (unpaired) electrons. The highest BCUT2D eigenvalue weighted by Gasteiger charge is 2.59. The standard InChI is InChI=1S/C45H57BrO4S/c1-26(2)10-9-11-27(3)35-18-19-36-32-17-15-30-25-31(20-22-44(30,4)37(32)21-23-45(35,36)5)49-42(47)34-24-29-14-16-33-38(46)40(28-12-7-6-8-13-28)51-41(33)39(29)50-43(34)48/h12,14-16,24,26-27,31-32,35-37H,6-11,13,17-23,25H2,1-5H3/t27-,31+,32+,35-,36+,37+,44+,45-/m1/s1. The Kier molecular flexibility index (Phi) is 9.77. The quantitative estimate of drug-likeness (QED) is 0.130. The summed E-state index contributed by atoms with van der Waals surface area (Å²) in [5.41, 5.74) is 3.46. The third kappa shape index (κ3) is 6.24. The lowest BCUT2D eigenvalue weighted by molar-refractivity contribution is -0.0595. The molecule has 2 heterocycles. The maximum Gasteiger partial charge on any atom is 0.351 e. The van der Waals surface area contributed by atoms with Gasteiger partial charge in [-0.1, -0.05) is 83.7 Å². The number of benzene rings is 1. The molecule has 0 N–H and O–H groups in total. The minimum Gasteiger partial charge on any atom is -0.458 e. The second-order valence-electron chi connectivity index (χ2n) is 18.1. The maximum absolute atomic E-state index is 13.6. The lowest BCUT2D eigenvalue weighted by Gasteiger charge is -2.58. The summed E-state index contributed by atoms with van der Waals surface area (Å²) in [6, 6.07) is 5.71. The van der Waals surface area contributed by atoms with E-state index < -0.39 is 11.6 Å². The van der Waals surface area contributed by atoms with Gasteiger partial charge in [0.15, 0.2) is 5.58 Å². The van der Waals surface area contributed by atoms with Crippen LogP contribution in [0.15, 0.2) is 49.6 Å². The maximum atomic E-state index is 13.6. The van der Waals surface area contributed by atoms with E-state index in [0.717, 1.165) is 87.6 Å². The molecule has 2 aromatic heterocycles. The van der Waals surface area contributed by atoms with Crippen LogP contribution in [0.25, 0.3) is 26.6 Å². The second-order valence-corrected chi connectivity index (χ2v) is 19.9. The summed E-state index contributed by atoms with van der Waals surface area (Å²) in [5, 5.41) is 1.80. The number of ether oxygens (including phenoxy) is 1. The lowest BCUT2D eigenvalue weighted by atomic mass is 9.47. The first-order valence-electron chi connectivity index (χ1n) is 20.3. The van der Waals surface area contributed by atoms with Crippen LogP contribution in [-0.4, -0.2) is 12.1 Å². The Bertz CT molecular complexity index is 1950. The highest BCUT2D eigenvalue weighted by atomic mass is 79.9. The van der Waals surface area contributed by atoms with Crippen LogP contribution < -0.4 is 5.63 Å². The Morgan fingerprint density at radius 1 is 1.04 bits per heavy atom. The number of esters is 1. The van der Waals surface area contributed by atoms with E-state index in [2.05, 4.69) is 68.8 Å². The SMILES string of the molecule is CC(C)CCC[C@@H](C)[C@H]1CC[C@H]2[C@@H]3CC=C4C[C@@H](OC(=O)c5cc6ccc7c(Br)c(C8=CCCCC8)sc7c6oc5=O)CC[C@]4(C)[C@H]3CC[C@]12C. The van der Waals surface area contributed by atoms with Crippen molar-refractivity contribution in [3.05, 3.63) is 61.3 Å². The highest BCUT2D eigenvalue weighted by Crippen LogP contribution is 2.67. The Morgan fingerprint density at radius 2 is 1.88 bits per heavy atom. The number of thiophene rings is 1. The molecule has 8 rings (SSSR count). The molecule has 5 aliphatic rings. The van der Waals surface area contributed by atoms with Crippen molar-refractivity contribution in [1.82, 2.24) is 0 Å². The van der Waals surface area contributed by atoms with Crippen LogP contribution in [0.4, 0.5) is 0 Å². The van der Waals surface area contributed by atoms with E-state index in [9.17, 15) is 9.59 Å². The van der Waals surface area contributed by atoms with E-state index in [4.69, 9.17) is 9.15 Å². The predicted octanol–water partition coefficient (Wildman–Crippen LogP) is 13.3. The Morgan fingerprint density at radius 3 is 2.67 bits per heavy atom. The zero-order valence-electron chi connectivity index (χ0n) is 31.5. The molecular formula is C45H57BrO4S. The fraction of sp³-hybridized carbons (Fsp3) is 0.644. The van der Waals surface area contributed by atoms with Gasteiger partial charge in [-0.05, 0) is 145 Å². The first-order chi connectivity index (χ1) is 24.5. The van der Waals surface area contributed by atoms with Gasteiger partial charge in [0.25, 0.3) is 0 Å². The van der Waals surface area contributed by atoms with Crippen molar-refractivity contribution in [1.29, 1.82) is 0 Å². The van der Waals surface area contributed by atoms with E-state index in [0.29, 0.717) is 11.0 Å². The summed E-state index contributed by atoms with van der Waals surface area (Å²) in [6.07, 6.45) is 22.8. The number of halogens is 1. The zero-order valence-corrected chi connectivity index (χ0v) is 33.9. The third-order valence-corrected chi connectivity index (χ3v) is 17.2. The fourth-order valence-electron chi connectivity index (χ4n) is 12.1. The second kappa shape index (κ2) is 13.9. The fourth-order valence-corrected chi connectivity index (χ4v) is 14.3. The van der Waals surface area contributed by atoms with Crippen LogP contribution in [0.1, 0.15) is 146 Å². The summed E-state index contributed by atoms with van der Waals surface area (Å²) in [6.45, 7) is 12.5. The number of hydrogen-bond acceptors (Lipinski definition) is 5. The molecule has 0 aliphatic heterocycles.